The predicted molar refractivity (Wildman–Crippen MR) is 59.1 cm³/mol. The largest absolute Gasteiger partial charge is 0.480 e. The first kappa shape index (κ1) is 11.1. The third-order valence-electron chi connectivity index (χ3n) is 2.67. The van der Waals surface area contributed by atoms with Gasteiger partial charge in [-0.15, -0.1) is 0 Å². The fourth-order valence-corrected chi connectivity index (χ4v) is 1.68. The maximum absolute atomic E-state index is 11.1. The van der Waals surface area contributed by atoms with Gasteiger partial charge in [-0.3, -0.25) is 14.8 Å². The molecule has 5 nitrogen and oxygen atoms in total. The number of aromatic nitrogens is 2. The van der Waals surface area contributed by atoms with Crippen molar-refractivity contribution in [2.24, 2.45) is 0 Å². The van der Waals surface area contributed by atoms with Crippen LogP contribution in [0.5, 0.6) is 0 Å². The maximum atomic E-state index is 11.1. The lowest BCUT2D eigenvalue weighted by atomic mass is 10.1. The van der Waals surface area contributed by atoms with Crippen molar-refractivity contribution in [3.63, 3.8) is 0 Å². The van der Waals surface area contributed by atoms with Crippen molar-refractivity contribution in [3.8, 4) is 0 Å². The third-order valence-corrected chi connectivity index (χ3v) is 2.67. The molecule has 1 fully saturated rings. The second-order valence-corrected chi connectivity index (χ2v) is 4.25. The van der Waals surface area contributed by atoms with Crippen LogP contribution in [0.3, 0.4) is 0 Å². The number of hydrogen-bond acceptors (Lipinski definition) is 3. The molecule has 1 atom stereocenters. The van der Waals surface area contributed by atoms with E-state index in [4.69, 9.17) is 5.11 Å². The van der Waals surface area contributed by atoms with Gasteiger partial charge in [0.1, 0.15) is 6.04 Å². The smallest absolute Gasteiger partial charge is 0.325 e. The van der Waals surface area contributed by atoms with Crippen molar-refractivity contribution in [2.45, 2.75) is 44.8 Å². The van der Waals surface area contributed by atoms with Gasteiger partial charge in [-0.25, -0.2) is 0 Å². The molecule has 0 aliphatic heterocycles. The Morgan fingerprint density at radius 1 is 1.75 bits per heavy atom. The van der Waals surface area contributed by atoms with Gasteiger partial charge in [0, 0.05) is 24.3 Å². The number of aliphatic carboxylic acids is 1. The zero-order valence-electron chi connectivity index (χ0n) is 9.39. The fraction of sp³-hybridized carbons (Fsp3) is 0.636. The van der Waals surface area contributed by atoms with Crippen LogP contribution in [0.4, 0.5) is 0 Å². The molecule has 1 aromatic rings. The van der Waals surface area contributed by atoms with Crippen molar-refractivity contribution in [3.05, 3.63) is 18.0 Å². The Kier molecular flexibility index (Phi) is 3.24. The van der Waals surface area contributed by atoms with Gasteiger partial charge in [0.15, 0.2) is 0 Å². The van der Waals surface area contributed by atoms with Gasteiger partial charge in [-0.05, 0) is 19.3 Å². The molecule has 1 aliphatic carbocycles. The van der Waals surface area contributed by atoms with Crippen molar-refractivity contribution in [2.75, 3.05) is 0 Å². The molecule has 16 heavy (non-hydrogen) atoms. The number of aryl methyl sites for hydroxylation is 1. The van der Waals surface area contributed by atoms with E-state index in [9.17, 15) is 4.79 Å². The van der Waals surface area contributed by atoms with Crippen LogP contribution in [0, 0.1) is 0 Å². The molecule has 0 spiro atoms. The second kappa shape index (κ2) is 4.65. The molecule has 1 saturated carbocycles. The summed E-state index contributed by atoms with van der Waals surface area (Å²) >= 11 is 0. The van der Waals surface area contributed by atoms with Crippen molar-refractivity contribution >= 4 is 5.97 Å². The Hall–Kier alpha value is -1.36. The Morgan fingerprint density at radius 2 is 2.50 bits per heavy atom. The molecule has 0 bridgehead atoms. The highest BCUT2D eigenvalue weighted by atomic mass is 16.4. The van der Waals surface area contributed by atoms with Gasteiger partial charge in [0.05, 0.1) is 6.20 Å². The summed E-state index contributed by atoms with van der Waals surface area (Å²) in [4.78, 5) is 11.1. The predicted octanol–water partition coefficient (Wildman–Crippen LogP) is 1.17. The lowest BCUT2D eigenvalue weighted by molar-refractivity contribution is -0.139. The summed E-state index contributed by atoms with van der Waals surface area (Å²) in [6.45, 7) is 2.90. The summed E-state index contributed by atoms with van der Waals surface area (Å²) in [6, 6.07) is -0.242. The minimum atomic E-state index is -0.831. The highest BCUT2D eigenvalue weighted by Gasteiger charge is 2.29. The lowest BCUT2D eigenvalue weighted by Crippen LogP contribution is -2.29. The normalized spacial score (nSPS) is 17.3. The molecular formula is C11H17N3O2. The summed E-state index contributed by atoms with van der Waals surface area (Å²) in [6.07, 6.45) is 6.61. The molecule has 1 heterocycles. The number of carboxylic acid groups (broad SMARTS) is 1. The van der Waals surface area contributed by atoms with Gasteiger partial charge in [-0.2, -0.15) is 5.10 Å². The summed E-state index contributed by atoms with van der Waals surface area (Å²) in [5.41, 5.74) is 0.743. The van der Waals surface area contributed by atoms with E-state index in [1.807, 2.05) is 6.20 Å². The van der Waals surface area contributed by atoms with E-state index in [2.05, 4.69) is 17.3 Å². The SMILES string of the molecule is CCCn1cc(C(NC2CC2)C(=O)O)cn1. The number of carboxylic acids is 1. The fourth-order valence-electron chi connectivity index (χ4n) is 1.68. The summed E-state index contributed by atoms with van der Waals surface area (Å²) < 4.78 is 1.79. The quantitative estimate of drug-likeness (QED) is 0.759. The molecule has 88 valence electrons. The van der Waals surface area contributed by atoms with E-state index in [0.717, 1.165) is 31.4 Å². The highest BCUT2D eigenvalue weighted by molar-refractivity contribution is 5.75. The van der Waals surface area contributed by atoms with Gasteiger partial charge >= 0.3 is 5.97 Å². The van der Waals surface area contributed by atoms with E-state index in [-0.39, 0.29) is 0 Å². The maximum Gasteiger partial charge on any atom is 0.325 e. The monoisotopic (exact) mass is 223 g/mol. The molecule has 0 radical (unpaired) electrons. The first-order valence-electron chi connectivity index (χ1n) is 5.72. The Labute approximate surface area is 94.5 Å². The topological polar surface area (TPSA) is 67.2 Å². The molecule has 0 aromatic carbocycles. The molecule has 2 N–H and O–H groups in total. The summed E-state index contributed by atoms with van der Waals surface area (Å²) in [5, 5.41) is 16.4. The number of rotatable bonds is 6. The van der Waals surface area contributed by atoms with Crippen LogP contribution in [0.25, 0.3) is 0 Å². The molecular weight excluding hydrogens is 206 g/mol. The number of carbonyl (C=O) groups is 1. The van der Waals surface area contributed by atoms with E-state index in [1.165, 1.54) is 0 Å². The molecule has 1 aliphatic rings. The zero-order valence-corrected chi connectivity index (χ0v) is 9.39. The Bertz CT molecular complexity index is 371. The van der Waals surface area contributed by atoms with Gasteiger partial charge in [-0.1, -0.05) is 6.92 Å². The number of nitrogens with one attached hydrogen (secondary N) is 1. The van der Waals surface area contributed by atoms with Gasteiger partial charge in [0.25, 0.3) is 0 Å². The zero-order chi connectivity index (χ0) is 11.5. The standard InChI is InChI=1S/C11H17N3O2/c1-2-5-14-7-8(6-12-14)10(11(15)16)13-9-3-4-9/h6-7,9-10,13H,2-5H2,1H3,(H,15,16). The number of hydrogen-bond donors (Lipinski definition) is 2. The minimum absolute atomic E-state index is 0.371. The highest BCUT2D eigenvalue weighted by Crippen LogP contribution is 2.24. The van der Waals surface area contributed by atoms with Crippen LogP contribution in [0.2, 0.25) is 0 Å². The summed E-state index contributed by atoms with van der Waals surface area (Å²) in [7, 11) is 0. The first-order chi connectivity index (χ1) is 7.70. The molecule has 1 aromatic heterocycles. The van der Waals surface area contributed by atoms with E-state index < -0.39 is 12.0 Å². The molecule has 2 rings (SSSR count). The van der Waals surface area contributed by atoms with Crippen LogP contribution in [0.15, 0.2) is 12.4 Å². The van der Waals surface area contributed by atoms with E-state index >= 15 is 0 Å². The van der Waals surface area contributed by atoms with Gasteiger partial charge in [0.2, 0.25) is 0 Å². The van der Waals surface area contributed by atoms with Crippen LogP contribution in [-0.2, 0) is 11.3 Å². The van der Waals surface area contributed by atoms with Crippen molar-refractivity contribution in [1.82, 2.24) is 15.1 Å². The lowest BCUT2D eigenvalue weighted by Gasteiger charge is -2.11. The van der Waals surface area contributed by atoms with E-state index in [0.29, 0.717) is 6.04 Å². The molecule has 0 amide bonds. The van der Waals surface area contributed by atoms with Gasteiger partial charge < -0.3 is 5.11 Å². The number of nitrogens with zero attached hydrogens (tertiary/aromatic N) is 2. The first-order valence-corrected chi connectivity index (χ1v) is 5.72. The average molecular weight is 223 g/mol. The van der Waals surface area contributed by atoms with Crippen LogP contribution < -0.4 is 5.32 Å². The minimum Gasteiger partial charge on any atom is -0.480 e. The van der Waals surface area contributed by atoms with Crippen molar-refractivity contribution < 1.29 is 9.90 Å². The summed E-state index contributed by atoms with van der Waals surface area (Å²) in [5.74, 6) is -0.831. The molecule has 0 saturated heterocycles. The van der Waals surface area contributed by atoms with Crippen LogP contribution in [-0.4, -0.2) is 26.9 Å². The average Bonchev–Trinajstić information content (AvgIpc) is 2.95. The molecule has 5 heteroatoms. The Balaban J connectivity index is 2.07. The third kappa shape index (κ3) is 2.61. The molecule has 1 unspecified atom stereocenters. The van der Waals surface area contributed by atoms with E-state index in [1.54, 1.807) is 10.9 Å². The van der Waals surface area contributed by atoms with Crippen LogP contribution in [0.1, 0.15) is 37.8 Å². The Morgan fingerprint density at radius 3 is 3.06 bits per heavy atom. The van der Waals surface area contributed by atoms with Crippen LogP contribution >= 0.6 is 0 Å². The second-order valence-electron chi connectivity index (χ2n) is 4.25. The van der Waals surface area contributed by atoms with Crippen molar-refractivity contribution in [1.29, 1.82) is 0 Å².